The third-order valence-corrected chi connectivity index (χ3v) is 4.15. The van der Waals surface area contributed by atoms with Crippen LogP contribution in [0.2, 0.25) is 0 Å². The second-order valence-corrected chi connectivity index (χ2v) is 5.55. The number of hydrogen-bond acceptors (Lipinski definition) is 6. The minimum absolute atomic E-state index is 0.189. The molecule has 0 aliphatic carbocycles. The van der Waals surface area contributed by atoms with Gasteiger partial charge in [0.05, 0.1) is 19.8 Å². The highest BCUT2D eigenvalue weighted by Crippen LogP contribution is 2.22. The highest BCUT2D eigenvalue weighted by Gasteiger charge is 2.31. The van der Waals surface area contributed by atoms with Gasteiger partial charge in [0.2, 0.25) is 0 Å². The van der Waals surface area contributed by atoms with Crippen LogP contribution in [0.1, 0.15) is 23.3 Å². The predicted octanol–water partition coefficient (Wildman–Crippen LogP) is 1.14. The Balaban J connectivity index is 1.54. The van der Waals surface area contributed by atoms with Crippen LogP contribution in [0.15, 0.2) is 18.3 Å². The first-order valence-corrected chi connectivity index (χ1v) is 7.40. The van der Waals surface area contributed by atoms with Crippen LogP contribution in [0.4, 0.5) is 5.69 Å². The van der Waals surface area contributed by atoms with Crippen molar-refractivity contribution in [3.8, 4) is 0 Å². The number of carbonyl (C=O) groups excluding carboxylic acids is 1. The Bertz CT molecular complexity index is 509. The van der Waals surface area contributed by atoms with E-state index >= 15 is 0 Å². The number of methoxy groups -OCH3 is 1. The third kappa shape index (κ3) is 3.33. The van der Waals surface area contributed by atoms with Gasteiger partial charge in [-0.3, -0.25) is 4.90 Å². The third-order valence-electron chi connectivity index (χ3n) is 4.15. The van der Waals surface area contributed by atoms with E-state index in [1.165, 1.54) is 26.5 Å². The average Bonchev–Trinajstić information content (AvgIpc) is 3.00. The fourth-order valence-corrected chi connectivity index (χ4v) is 3.00. The molecule has 2 aliphatic heterocycles. The maximum absolute atomic E-state index is 11.5. The van der Waals surface area contributed by atoms with E-state index in [-0.39, 0.29) is 6.10 Å². The molecule has 0 spiro atoms. The minimum Gasteiger partial charge on any atom is -0.464 e. The summed E-state index contributed by atoms with van der Waals surface area (Å²) in [6, 6.07) is 4.16. The number of aromatic nitrogens is 1. The number of carbonyl (C=O) groups is 1. The summed E-state index contributed by atoms with van der Waals surface area (Å²) in [6.45, 7) is 3.73. The number of anilines is 1. The number of nitrogens with zero attached hydrogens (tertiary/aromatic N) is 2. The molecule has 6 heteroatoms. The number of morpholine rings is 1. The van der Waals surface area contributed by atoms with Crippen LogP contribution in [0.5, 0.6) is 0 Å². The SMILES string of the molecule is COC(=O)c1cc(NCC2CN3CCCC3CO2)ccn1. The maximum Gasteiger partial charge on any atom is 0.356 e. The molecule has 2 atom stereocenters. The molecule has 21 heavy (non-hydrogen) atoms. The Morgan fingerprint density at radius 2 is 2.52 bits per heavy atom. The number of fused-ring (bicyclic) bond motifs is 1. The van der Waals surface area contributed by atoms with Crippen LogP contribution in [0.25, 0.3) is 0 Å². The summed E-state index contributed by atoms with van der Waals surface area (Å²) >= 11 is 0. The summed E-state index contributed by atoms with van der Waals surface area (Å²) in [5, 5.41) is 3.31. The first-order chi connectivity index (χ1) is 10.3. The average molecular weight is 291 g/mol. The van der Waals surface area contributed by atoms with Crippen molar-refractivity contribution in [1.29, 1.82) is 0 Å². The lowest BCUT2D eigenvalue weighted by molar-refractivity contribution is -0.0415. The van der Waals surface area contributed by atoms with Crippen LogP contribution >= 0.6 is 0 Å². The normalized spacial score (nSPS) is 25.4. The molecule has 1 aromatic rings. The quantitative estimate of drug-likeness (QED) is 0.839. The number of pyridine rings is 1. The van der Waals surface area contributed by atoms with E-state index in [4.69, 9.17) is 4.74 Å². The lowest BCUT2D eigenvalue weighted by Crippen LogP contribution is -2.48. The first-order valence-electron chi connectivity index (χ1n) is 7.40. The highest BCUT2D eigenvalue weighted by molar-refractivity contribution is 5.88. The van der Waals surface area contributed by atoms with E-state index in [0.29, 0.717) is 11.7 Å². The molecule has 114 valence electrons. The summed E-state index contributed by atoms with van der Waals surface area (Å²) < 4.78 is 10.6. The number of nitrogens with one attached hydrogen (secondary N) is 1. The van der Waals surface area contributed by atoms with Crippen molar-refractivity contribution >= 4 is 11.7 Å². The summed E-state index contributed by atoms with van der Waals surface area (Å²) in [5.41, 5.74) is 1.17. The maximum atomic E-state index is 11.5. The molecule has 0 aromatic carbocycles. The predicted molar refractivity (Wildman–Crippen MR) is 78.4 cm³/mol. The van der Waals surface area contributed by atoms with E-state index in [0.717, 1.165) is 25.4 Å². The minimum atomic E-state index is -0.424. The van der Waals surface area contributed by atoms with Gasteiger partial charge in [0.1, 0.15) is 5.69 Å². The van der Waals surface area contributed by atoms with Crippen molar-refractivity contribution in [3.63, 3.8) is 0 Å². The number of esters is 1. The molecule has 0 amide bonds. The molecule has 1 N–H and O–H groups in total. The molecule has 3 rings (SSSR count). The summed E-state index contributed by atoms with van der Waals surface area (Å²) in [4.78, 5) is 18.0. The molecular weight excluding hydrogens is 270 g/mol. The number of hydrogen-bond donors (Lipinski definition) is 1. The molecule has 2 fully saturated rings. The molecular formula is C15H21N3O3. The standard InChI is InChI=1S/C15H21N3O3/c1-20-15(19)14-7-11(4-5-16-14)17-8-13-9-18-6-2-3-12(18)10-21-13/h4-5,7,12-13H,2-3,6,8-10H2,1H3,(H,16,17). The van der Waals surface area contributed by atoms with Crippen molar-refractivity contribution in [3.05, 3.63) is 24.0 Å². The zero-order valence-electron chi connectivity index (χ0n) is 12.2. The van der Waals surface area contributed by atoms with Crippen LogP contribution in [-0.4, -0.2) is 61.3 Å². The largest absolute Gasteiger partial charge is 0.464 e. The highest BCUT2D eigenvalue weighted by atomic mass is 16.5. The van der Waals surface area contributed by atoms with Gasteiger partial charge in [0, 0.05) is 31.0 Å². The topological polar surface area (TPSA) is 63.7 Å². The molecule has 1 aromatic heterocycles. The van der Waals surface area contributed by atoms with Gasteiger partial charge in [0.25, 0.3) is 0 Å². The fourth-order valence-electron chi connectivity index (χ4n) is 3.00. The molecule has 6 nitrogen and oxygen atoms in total. The van der Waals surface area contributed by atoms with Crippen LogP contribution < -0.4 is 5.32 Å². The van der Waals surface area contributed by atoms with Gasteiger partial charge in [-0.25, -0.2) is 9.78 Å². The first kappa shape index (κ1) is 14.3. The van der Waals surface area contributed by atoms with Gasteiger partial charge in [-0.2, -0.15) is 0 Å². The summed E-state index contributed by atoms with van der Waals surface area (Å²) in [5.74, 6) is -0.424. The zero-order valence-corrected chi connectivity index (χ0v) is 12.2. The molecule has 3 heterocycles. The number of ether oxygens (including phenoxy) is 2. The Kier molecular flexibility index (Phi) is 4.36. The molecule has 0 saturated carbocycles. The van der Waals surface area contributed by atoms with E-state index in [9.17, 15) is 4.79 Å². The van der Waals surface area contributed by atoms with Crippen molar-refractivity contribution in [2.24, 2.45) is 0 Å². The van der Waals surface area contributed by atoms with Gasteiger partial charge in [-0.15, -0.1) is 0 Å². The lowest BCUT2D eigenvalue weighted by atomic mass is 10.2. The molecule has 2 saturated heterocycles. The van der Waals surface area contributed by atoms with Crippen molar-refractivity contribution in [2.75, 3.05) is 38.7 Å². The van der Waals surface area contributed by atoms with E-state index in [2.05, 4.69) is 19.9 Å². The van der Waals surface area contributed by atoms with E-state index in [1.54, 1.807) is 12.3 Å². The number of rotatable bonds is 4. The van der Waals surface area contributed by atoms with E-state index < -0.39 is 5.97 Å². The molecule has 2 unspecified atom stereocenters. The van der Waals surface area contributed by atoms with Crippen molar-refractivity contribution in [2.45, 2.75) is 25.0 Å². The van der Waals surface area contributed by atoms with E-state index in [1.807, 2.05) is 6.07 Å². The molecule has 2 aliphatic rings. The Morgan fingerprint density at radius 1 is 1.62 bits per heavy atom. The smallest absolute Gasteiger partial charge is 0.356 e. The van der Waals surface area contributed by atoms with Gasteiger partial charge >= 0.3 is 5.97 Å². The summed E-state index contributed by atoms with van der Waals surface area (Å²) in [7, 11) is 1.35. The van der Waals surface area contributed by atoms with Crippen LogP contribution in [-0.2, 0) is 9.47 Å². The Morgan fingerprint density at radius 3 is 3.38 bits per heavy atom. The van der Waals surface area contributed by atoms with Crippen LogP contribution in [0, 0.1) is 0 Å². The zero-order chi connectivity index (χ0) is 14.7. The molecule has 0 bridgehead atoms. The molecule has 0 radical (unpaired) electrons. The van der Waals surface area contributed by atoms with Gasteiger partial charge in [0.15, 0.2) is 0 Å². The van der Waals surface area contributed by atoms with Crippen molar-refractivity contribution in [1.82, 2.24) is 9.88 Å². The van der Waals surface area contributed by atoms with Crippen molar-refractivity contribution < 1.29 is 14.3 Å². The lowest BCUT2D eigenvalue weighted by Gasteiger charge is -2.35. The van der Waals surface area contributed by atoms with Gasteiger partial charge in [-0.1, -0.05) is 0 Å². The second-order valence-electron chi connectivity index (χ2n) is 5.55. The summed E-state index contributed by atoms with van der Waals surface area (Å²) in [6.07, 6.45) is 4.33. The Hall–Kier alpha value is -1.66. The fraction of sp³-hybridized carbons (Fsp3) is 0.600. The van der Waals surface area contributed by atoms with Gasteiger partial charge < -0.3 is 14.8 Å². The monoisotopic (exact) mass is 291 g/mol. The second kappa shape index (κ2) is 6.41. The van der Waals surface area contributed by atoms with Crippen LogP contribution in [0.3, 0.4) is 0 Å². The van der Waals surface area contributed by atoms with Gasteiger partial charge in [-0.05, 0) is 31.5 Å². The Labute approximate surface area is 124 Å².